The van der Waals surface area contributed by atoms with E-state index in [1.165, 1.54) is 10.9 Å². The molecule has 6 heteroatoms. The van der Waals surface area contributed by atoms with Crippen molar-refractivity contribution in [2.45, 2.75) is 12.8 Å². The highest BCUT2D eigenvalue weighted by atomic mass is 35.5. The molecule has 0 spiro atoms. The third-order valence-electron chi connectivity index (χ3n) is 3.28. The van der Waals surface area contributed by atoms with E-state index in [1.54, 1.807) is 17.4 Å². The Morgan fingerprint density at radius 1 is 1.27 bits per heavy atom. The number of thiophene rings is 1. The Balaban J connectivity index is 1.77. The van der Waals surface area contributed by atoms with Crippen LogP contribution in [0.2, 0.25) is 4.34 Å². The summed E-state index contributed by atoms with van der Waals surface area (Å²) in [6.07, 6.45) is 3.37. The Bertz CT molecular complexity index is 862. The molecule has 22 heavy (non-hydrogen) atoms. The molecule has 2 N–H and O–H groups in total. The zero-order valence-electron chi connectivity index (χ0n) is 11.7. The van der Waals surface area contributed by atoms with E-state index in [2.05, 4.69) is 21.8 Å². The Hall–Kier alpha value is -2.11. The smallest absolute Gasteiger partial charge is 0.249 e. The molecule has 3 aromatic heterocycles. The van der Waals surface area contributed by atoms with Gasteiger partial charge in [-0.3, -0.25) is 9.89 Å². The lowest BCUT2D eigenvalue weighted by molar-refractivity contribution is 0.905. The Labute approximate surface area is 136 Å². The van der Waals surface area contributed by atoms with Crippen molar-refractivity contribution in [2.24, 2.45) is 0 Å². The number of hydrogen-bond acceptors (Lipinski definition) is 3. The molecule has 0 bridgehead atoms. The van der Waals surface area contributed by atoms with E-state index in [0.29, 0.717) is 5.69 Å². The zero-order valence-corrected chi connectivity index (χ0v) is 13.3. The molecule has 0 atom stereocenters. The van der Waals surface area contributed by atoms with Gasteiger partial charge in [-0.2, -0.15) is 5.10 Å². The van der Waals surface area contributed by atoms with Gasteiger partial charge in [-0.15, -0.1) is 11.3 Å². The summed E-state index contributed by atoms with van der Waals surface area (Å²) >= 11 is 7.52. The number of aromatic nitrogens is 3. The summed E-state index contributed by atoms with van der Waals surface area (Å²) in [7, 11) is 0. The van der Waals surface area contributed by atoms with Crippen LogP contribution in [0.5, 0.6) is 0 Å². The van der Waals surface area contributed by atoms with E-state index in [-0.39, 0.29) is 5.56 Å². The van der Waals surface area contributed by atoms with Gasteiger partial charge in [0.25, 0.3) is 0 Å². The number of nitrogens with zero attached hydrogens (tertiary/aromatic N) is 1. The maximum atomic E-state index is 11.6. The quantitative estimate of drug-likeness (QED) is 0.744. The summed E-state index contributed by atoms with van der Waals surface area (Å²) in [4.78, 5) is 15.6. The summed E-state index contributed by atoms with van der Waals surface area (Å²) in [6, 6.07) is 9.31. The highest BCUT2D eigenvalue weighted by Gasteiger charge is 2.07. The van der Waals surface area contributed by atoms with Gasteiger partial charge in [0.1, 0.15) is 0 Å². The Morgan fingerprint density at radius 2 is 2.14 bits per heavy atom. The van der Waals surface area contributed by atoms with Crippen molar-refractivity contribution in [3.63, 3.8) is 0 Å². The minimum absolute atomic E-state index is 0.162. The van der Waals surface area contributed by atoms with Crippen LogP contribution in [0.4, 0.5) is 0 Å². The zero-order chi connectivity index (χ0) is 15.5. The molecule has 0 unspecified atom stereocenters. The van der Waals surface area contributed by atoms with Gasteiger partial charge in [-0.25, -0.2) is 0 Å². The number of aromatic amines is 2. The number of rotatable bonds is 5. The van der Waals surface area contributed by atoms with Gasteiger partial charge >= 0.3 is 0 Å². The molecule has 0 radical (unpaired) electrons. The second kappa shape index (κ2) is 6.34. The van der Waals surface area contributed by atoms with Crippen molar-refractivity contribution < 1.29 is 0 Å². The maximum absolute atomic E-state index is 11.6. The summed E-state index contributed by atoms with van der Waals surface area (Å²) in [5, 5.41) is 7.31. The summed E-state index contributed by atoms with van der Waals surface area (Å²) in [5.41, 5.74) is 3.08. The van der Waals surface area contributed by atoms with Crippen LogP contribution >= 0.6 is 22.9 Å². The van der Waals surface area contributed by atoms with Crippen LogP contribution in [-0.4, -0.2) is 15.2 Å². The molecule has 3 rings (SSSR count). The average Bonchev–Trinajstić information content (AvgIpc) is 3.13. The van der Waals surface area contributed by atoms with Crippen molar-refractivity contribution in [1.82, 2.24) is 15.2 Å². The fourth-order valence-corrected chi connectivity index (χ4v) is 3.29. The van der Waals surface area contributed by atoms with Crippen molar-refractivity contribution in [3.8, 4) is 11.3 Å². The third kappa shape index (κ3) is 3.37. The monoisotopic (exact) mass is 331 g/mol. The molecular formula is C16H14ClN3OS. The largest absolute Gasteiger partial charge is 0.322 e. The first-order chi connectivity index (χ1) is 10.6. The van der Waals surface area contributed by atoms with Crippen LogP contribution in [0.1, 0.15) is 16.3 Å². The van der Waals surface area contributed by atoms with Gasteiger partial charge in [-0.05, 0) is 43.2 Å². The fourth-order valence-electron chi connectivity index (χ4n) is 2.20. The number of pyridine rings is 1. The molecule has 0 amide bonds. The van der Waals surface area contributed by atoms with E-state index in [9.17, 15) is 4.79 Å². The highest BCUT2D eigenvalue weighted by molar-refractivity contribution is 7.16. The molecule has 0 aromatic carbocycles. The summed E-state index contributed by atoms with van der Waals surface area (Å²) < 4.78 is 0.806. The molecule has 0 fully saturated rings. The minimum Gasteiger partial charge on any atom is -0.322 e. The van der Waals surface area contributed by atoms with Crippen LogP contribution < -0.4 is 5.56 Å². The predicted octanol–water partition coefficient (Wildman–Crippen LogP) is 3.91. The molecule has 0 saturated heterocycles. The molecule has 0 aliphatic rings. The first-order valence-corrected chi connectivity index (χ1v) is 7.99. The van der Waals surface area contributed by atoms with Crippen LogP contribution in [0, 0.1) is 0 Å². The molecule has 112 valence electrons. The van der Waals surface area contributed by atoms with Gasteiger partial charge < -0.3 is 4.98 Å². The van der Waals surface area contributed by atoms with Crippen LogP contribution in [-0.2, 0) is 12.8 Å². The van der Waals surface area contributed by atoms with Crippen LogP contribution in [0.3, 0.4) is 0 Å². The third-order valence-corrected chi connectivity index (χ3v) is 4.57. The number of H-pyrrole nitrogens is 2. The second-order valence-electron chi connectivity index (χ2n) is 4.88. The first-order valence-electron chi connectivity index (χ1n) is 6.80. The summed E-state index contributed by atoms with van der Waals surface area (Å²) in [6.45, 7) is 3.67. The maximum Gasteiger partial charge on any atom is 0.249 e. The Morgan fingerprint density at radius 3 is 2.86 bits per heavy atom. The van der Waals surface area contributed by atoms with Crippen LogP contribution in [0.15, 0.2) is 41.7 Å². The van der Waals surface area contributed by atoms with Crippen molar-refractivity contribution in [3.05, 3.63) is 67.9 Å². The van der Waals surface area contributed by atoms with Crippen molar-refractivity contribution in [2.75, 3.05) is 0 Å². The minimum atomic E-state index is -0.162. The number of halogens is 1. The fraction of sp³-hybridized carbons (Fsp3) is 0.125. The van der Waals surface area contributed by atoms with Crippen LogP contribution in [0.25, 0.3) is 17.3 Å². The average molecular weight is 332 g/mol. The molecule has 0 saturated carbocycles. The molecule has 0 aliphatic carbocycles. The lowest BCUT2D eigenvalue weighted by atomic mass is 10.1. The van der Waals surface area contributed by atoms with E-state index in [0.717, 1.165) is 34.1 Å². The van der Waals surface area contributed by atoms with Gasteiger partial charge in [0, 0.05) is 27.9 Å². The molecular weight excluding hydrogens is 318 g/mol. The Kier molecular flexibility index (Phi) is 4.27. The number of hydrogen-bond donors (Lipinski definition) is 2. The van der Waals surface area contributed by atoms with Crippen molar-refractivity contribution in [1.29, 1.82) is 0 Å². The second-order valence-corrected chi connectivity index (χ2v) is 6.68. The topological polar surface area (TPSA) is 61.5 Å². The normalized spacial score (nSPS) is 10.8. The lowest BCUT2D eigenvalue weighted by Gasteiger charge is -1.98. The molecule has 3 aromatic rings. The lowest BCUT2D eigenvalue weighted by Crippen LogP contribution is -2.05. The van der Waals surface area contributed by atoms with Crippen molar-refractivity contribution >= 4 is 29.0 Å². The number of aryl methyl sites for hydroxylation is 2. The molecule has 4 nitrogen and oxygen atoms in total. The number of nitrogens with one attached hydrogen (secondary N) is 2. The van der Waals surface area contributed by atoms with Gasteiger partial charge in [0.05, 0.1) is 10.0 Å². The predicted molar refractivity (Wildman–Crippen MR) is 91.5 cm³/mol. The molecule has 3 heterocycles. The molecule has 0 aliphatic heterocycles. The summed E-state index contributed by atoms with van der Waals surface area (Å²) in [5.74, 6) is 0. The van der Waals surface area contributed by atoms with E-state index >= 15 is 0 Å². The van der Waals surface area contributed by atoms with Gasteiger partial charge in [0.15, 0.2) is 0 Å². The first kappa shape index (κ1) is 14.8. The van der Waals surface area contributed by atoms with Gasteiger partial charge in [0.2, 0.25) is 5.56 Å². The van der Waals surface area contributed by atoms with E-state index in [4.69, 9.17) is 11.6 Å². The van der Waals surface area contributed by atoms with E-state index in [1.807, 2.05) is 24.3 Å². The highest BCUT2D eigenvalue weighted by Crippen LogP contribution is 2.23. The standard InChI is InChI=1S/C16H14ClN3OS/c1-2-11-7-10(8-16(21)18-11)14-9-12(19-20-14)3-4-13-5-6-15(17)22-13/h2,5-9H,1,3-4H2,(H,18,21)(H,19,20). The van der Waals surface area contributed by atoms with Gasteiger partial charge in [-0.1, -0.05) is 18.2 Å². The van der Waals surface area contributed by atoms with E-state index < -0.39 is 0 Å². The SMILES string of the molecule is C=Cc1cc(-c2cc(CCc3ccc(Cl)s3)[nH]n2)cc(=O)[nH]1.